The number of hydrogen-bond acceptors (Lipinski definition) is 3. The molecular weight excluding hydrogens is 190 g/mol. The van der Waals surface area contributed by atoms with Crippen molar-refractivity contribution < 1.29 is 4.79 Å². The molecule has 0 atom stereocenters. The van der Waals surface area contributed by atoms with Gasteiger partial charge in [0.15, 0.2) is 0 Å². The molecular formula is C11H23N3O. The summed E-state index contributed by atoms with van der Waals surface area (Å²) in [4.78, 5) is 15.5. The average Bonchev–Trinajstić information content (AvgIpc) is 2.18. The molecule has 0 bridgehead atoms. The molecule has 88 valence electrons. The minimum atomic E-state index is 0.248. The second kappa shape index (κ2) is 6.08. The van der Waals surface area contributed by atoms with Crippen LogP contribution in [0.2, 0.25) is 0 Å². The van der Waals surface area contributed by atoms with Gasteiger partial charge < -0.3 is 10.2 Å². The Labute approximate surface area is 92.6 Å². The van der Waals surface area contributed by atoms with E-state index in [-0.39, 0.29) is 5.91 Å². The molecule has 4 heteroatoms. The summed E-state index contributed by atoms with van der Waals surface area (Å²) in [5.74, 6) is 0.248. The largest absolute Gasteiger partial charge is 0.343 e. The van der Waals surface area contributed by atoms with Gasteiger partial charge in [0.1, 0.15) is 0 Å². The summed E-state index contributed by atoms with van der Waals surface area (Å²) in [7, 11) is 1.87. The quantitative estimate of drug-likeness (QED) is 0.660. The molecule has 1 saturated heterocycles. The van der Waals surface area contributed by atoms with Crippen LogP contribution in [0.25, 0.3) is 0 Å². The molecule has 0 aromatic carbocycles. The lowest BCUT2D eigenvalue weighted by Gasteiger charge is -2.31. The van der Waals surface area contributed by atoms with E-state index in [2.05, 4.69) is 24.1 Å². The number of amides is 1. The van der Waals surface area contributed by atoms with E-state index >= 15 is 0 Å². The van der Waals surface area contributed by atoms with Crippen LogP contribution in [0.5, 0.6) is 0 Å². The van der Waals surface area contributed by atoms with Crippen molar-refractivity contribution in [3.05, 3.63) is 0 Å². The molecule has 0 spiro atoms. The van der Waals surface area contributed by atoms with Crippen molar-refractivity contribution in [3.63, 3.8) is 0 Å². The molecule has 0 unspecified atom stereocenters. The van der Waals surface area contributed by atoms with Crippen molar-refractivity contribution in [1.29, 1.82) is 0 Å². The van der Waals surface area contributed by atoms with Gasteiger partial charge in [-0.1, -0.05) is 13.8 Å². The summed E-state index contributed by atoms with van der Waals surface area (Å²) >= 11 is 0. The van der Waals surface area contributed by atoms with Crippen LogP contribution in [0.3, 0.4) is 0 Å². The maximum Gasteiger partial charge on any atom is 0.236 e. The molecule has 1 aliphatic heterocycles. The van der Waals surface area contributed by atoms with E-state index in [1.54, 1.807) is 0 Å². The molecule has 1 fully saturated rings. The first-order chi connectivity index (χ1) is 7.09. The van der Waals surface area contributed by atoms with Crippen LogP contribution < -0.4 is 5.32 Å². The predicted molar refractivity (Wildman–Crippen MR) is 61.8 cm³/mol. The normalized spacial score (nSPS) is 18.9. The van der Waals surface area contributed by atoms with E-state index in [4.69, 9.17) is 0 Å². The fraction of sp³-hybridized carbons (Fsp3) is 0.909. The number of nitrogens with one attached hydrogen (secondary N) is 1. The molecule has 0 aromatic rings. The Morgan fingerprint density at radius 1 is 1.40 bits per heavy atom. The number of carbonyl (C=O) groups is 1. The highest BCUT2D eigenvalue weighted by Crippen LogP contribution is 2.01. The Kier molecular flexibility index (Phi) is 5.05. The van der Waals surface area contributed by atoms with Gasteiger partial charge in [0.25, 0.3) is 0 Å². The van der Waals surface area contributed by atoms with Crippen LogP contribution in [-0.4, -0.2) is 61.5 Å². The predicted octanol–water partition coefficient (Wildman–Crippen LogP) is 0.149. The van der Waals surface area contributed by atoms with Gasteiger partial charge in [-0.2, -0.15) is 0 Å². The van der Waals surface area contributed by atoms with Crippen LogP contribution in [0.4, 0.5) is 0 Å². The lowest BCUT2D eigenvalue weighted by Crippen LogP contribution is -2.48. The minimum Gasteiger partial charge on any atom is -0.343 e. The molecule has 0 aromatic heterocycles. The van der Waals surface area contributed by atoms with Crippen LogP contribution in [0.15, 0.2) is 0 Å². The topological polar surface area (TPSA) is 35.6 Å². The summed E-state index contributed by atoms with van der Waals surface area (Å²) in [5, 5.41) is 3.38. The highest BCUT2D eigenvalue weighted by Gasteiger charge is 2.19. The first kappa shape index (κ1) is 12.5. The zero-order valence-corrected chi connectivity index (χ0v) is 10.1. The van der Waals surface area contributed by atoms with Gasteiger partial charge in [0, 0.05) is 26.2 Å². The zero-order valence-electron chi connectivity index (χ0n) is 10.1. The highest BCUT2D eigenvalue weighted by atomic mass is 16.2. The molecule has 1 N–H and O–H groups in total. The average molecular weight is 213 g/mol. The van der Waals surface area contributed by atoms with Gasteiger partial charge >= 0.3 is 0 Å². The maximum absolute atomic E-state index is 11.4. The van der Waals surface area contributed by atoms with Gasteiger partial charge in [-0.05, 0) is 19.5 Å². The molecule has 4 nitrogen and oxygen atoms in total. The van der Waals surface area contributed by atoms with E-state index in [0.29, 0.717) is 12.6 Å². The van der Waals surface area contributed by atoms with E-state index in [1.807, 2.05) is 11.9 Å². The third-order valence-corrected chi connectivity index (χ3v) is 2.74. The Morgan fingerprint density at radius 2 is 2.13 bits per heavy atom. The number of likely N-dealkylation sites (N-methyl/N-ethyl adjacent to an activating group) is 1. The Morgan fingerprint density at radius 3 is 2.73 bits per heavy atom. The van der Waals surface area contributed by atoms with Crippen LogP contribution in [-0.2, 0) is 4.79 Å². The Balaban J connectivity index is 2.09. The lowest BCUT2D eigenvalue weighted by molar-refractivity contribution is -0.134. The third kappa shape index (κ3) is 4.62. The molecule has 15 heavy (non-hydrogen) atoms. The smallest absolute Gasteiger partial charge is 0.236 e. The number of piperazine rings is 1. The molecule has 0 radical (unpaired) electrons. The fourth-order valence-electron chi connectivity index (χ4n) is 1.69. The van der Waals surface area contributed by atoms with Crippen LogP contribution in [0, 0.1) is 0 Å². The number of hydrogen-bond donors (Lipinski definition) is 1. The standard InChI is InChI=1S/C11H23N3O/c1-10(2)12-5-4-6-14-8-7-13(3)11(15)9-14/h10,12H,4-9H2,1-3H3. The number of carbonyl (C=O) groups excluding carboxylic acids is 1. The van der Waals surface area contributed by atoms with E-state index in [9.17, 15) is 4.79 Å². The monoisotopic (exact) mass is 213 g/mol. The minimum absolute atomic E-state index is 0.248. The van der Waals surface area contributed by atoms with Gasteiger partial charge in [0.2, 0.25) is 5.91 Å². The number of nitrogens with zero attached hydrogens (tertiary/aromatic N) is 2. The fourth-order valence-corrected chi connectivity index (χ4v) is 1.69. The van der Waals surface area contributed by atoms with Crippen molar-refractivity contribution in [2.24, 2.45) is 0 Å². The SMILES string of the molecule is CC(C)NCCCN1CCN(C)C(=O)C1. The van der Waals surface area contributed by atoms with Gasteiger partial charge in [-0.25, -0.2) is 0 Å². The van der Waals surface area contributed by atoms with E-state index < -0.39 is 0 Å². The van der Waals surface area contributed by atoms with Crippen molar-refractivity contribution in [1.82, 2.24) is 15.1 Å². The molecule has 1 amide bonds. The lowest BCUT2D eigenvalue weighted by atomic mass is 10.3. The molecule has 0 aliphatic carbocycles. The van der Waals surface area contributed by atoms with E-state index in [0.717, 1.165) is 32.6 Å². The second-order valence-corrected chi connectivity index (χ2v) is 4.55. The Bertz CT molecular complexity index is 206. The summed E-state index contributed by atoms with van der Waals surface area (Å²) < 4.78 is 0. The van der Waals surface area contributed by atoms with Gasteiger partial charge in [-0.15, -0.1) is 0 Å². The van der Waals surface area contributed by atoms with Crippen molar-refractivity contribution in [2.75, 3.05) is 39.8 Å². The molecule has 1 heterocycles. The molecule has 0 saturated carbocycles. The first-order valence-electron chi connectivity index (χ1n) is 5.79. The third-order valence-electron chi connectivity index (χ3n) is 2.74. The zero-order chi connectivity index (χ0) is 11.3. The summed E-state index contributed by atoms with van der Waals surface area (Å²) in [6.07, 6.45) is 1.12. The summed E-state index contributed by atoms with van der Waals surface area (Å²) in [6, 6.07) is 0.555. The molecule has 1 rings (SSSR count). The van der Waals surface area contributed by atoms with Crippen LogP contribution >= 0.6 is 0 Å². The maximum atomic E-state index is 11.4. The highest BCUT2D eigenvalue weighted by molar-refractivity contribution is 5.78. The van der Waals surface area contributed by atoms with Crippen molar-refractivity contribution in [3.8, 4) is 0 Å². The van der Waals surface area contributed by atoms with Gasteiger partial charge in [0.05, 0.1) is 6.54 Å². The second-order valence-electron chi connectivity index (χ2n) is 4.55. The number of rotatable bonds is 5. The van der Waals surface area contributed by atoms with Gasteiger partial charge in [-0.3, -0.25) is 9.69 Å². The van der Waals surface area contributed by atoms with Crippen LogP contribution in [0.1, 0.15) is 20.3 Å². The first-order valence-corrected chi connectivity index (χ1v) is 5.79. The van der Waals surface area contributed by atoms with E-state index in [1.165, 1.54) is 0 Å². The molecule has 1 aliphatic rings. The summed E-state index contributed by atoms with van der Waals surface area (Å²) in [6.45, 7) is 8.86. The summed E-state index contributed by atoms with van der Waals surface area (Å²) in [5.41, 5.74) is 0. The van der Waals surface area contributed by atoms with Crippen molar-refractivity contribution in [2.45, 2.75) is 26.3 Å². The Hall–Kier alpha value is -0.610. The van der Waals surface area contributed by atoms with Crippen molar-refractivity contribution >= 4 is 5.91 Å².